The van der Waals surface area contributed by atoms with Crippen molar-refractivity contribution in [1.82, 2.24) is 0 Å². The summed E-state index contributed by atoms with van der Waals surface area (Å²) in [5.41, 5.74) is 0.488. The molecule has 2 aromatic rings. The van der Waals surface area contributed by atoms with E-state index < -0.39 is 5.91 Å². The van der Waals surface area contributed by atoms with E-state index in [1.165, 1.54) is 24.3 Å². The van der Waals surface area contributed by atoms with E-state index in [1.54, 1.807) is 6.07 Å². The summed E-state index contributed by atoms with van der Waals surface area (Å²) in [5.74, 6) is -0.740. The van der Waals surface area contributed by atoms with Crippen molar-refractivity contribution >= 4 is 22.4 Å². The number of phenols is 2. The van der Waals surface area contributed by atoms with E-state index in [0.29, 0.717) is 10.8 Å². The number of hydrogen-bond donors (Lipinski definition) is 2. The van der Waals surface area contributed by atoms with Crippen molar-refractivity contribution in [2.24, 2.45) is 10.2 Å². The maximum Gasteiger partial charge on any atom is 0.290 e. The van der Waals surface area contributed by atoms with Gasteiger partial charge in [0, 0.05) is 6.08 Å². The normalized spacial score (nSPS) is 13.6. The fourth-order valence-corrected chi connectivity index (χ4v) is 2.13. The standard InChI is InChI=1S/C14H7N3O3/c15-6-8-3-7-4-9(18)1-2-10(7)13(14(8)20)11-5-12(19)17-16-11/h1-5,18,20H. The summed E-state index contributed by atoms with van der Waals surface area (Å²) >= 11 is 0. The molecule has 0 saturated heterocycles. The first kappa shape index (κ1) is 11.9. The minimum atomic E-state index is -0.520. The highest BCUT2D eigenvalue weighted by atomic mass is 16.3. The third-order valence-electron chi connectivity index (χ3n) is 2.99. The van der Waals surface area contributed by atoms with Crippen LogP contribution in [0.1, 0.15) is 11.1 Å². The molecule has 1 heterocycles. The maximum absolute atomic E-state index is 11.2. The van der Waals surface area contributed by atoms with Crippen molar-refractivity contribution in [3.05, 3.63) is 41.5 Å². The van der Waals surface area contributed by atoms with Crippen molar-refractivity contribution in [2.75, 3.05) is 0 Å². The van der Waals surface area contributed by atoms with E-state index in [4.69, 9.17) is 5.26 Å². The second-order valence-electron chi connectivity index (χ2n) is 4.23. The van der Waals surface area contributed by atoms with Gasteiger partial charge in [0.2, 0.25) is 0 Å². The van der Waals surface area contributed by atoms with Crippen molar-refractivity contribution in [3.8, 4) is 17.6 Å². The first-order valence-corrected chi connectivity index (χ1v) is 5.66. The quantitative estimate of drug-likeness (QED) is 0.825. The topological polar surface area (TPSA) is 106 Å². The Hall–Kier alpha value is -3.20. The molecule has 0 unspecified atom stereocenters. The number of rotatable bonds is 1. The van der Waals surface area contributed by atoms with Gasteiger partial charge in [-0.3, -0.25) is 4.79 Å². The van der Waals surface area contributed by atoms with Crippen molar-refractivity contribution in [1.29, 1.82) is 5.26 Å². The van der Waals surface area contributed by atoms with Crippen LogP contribution in [0.2, 0.25) is 0 Å². The smallest absolute Gasteiger partial charge is 0.290 e. The number of carbonyl (C=O) groups excluding carboxylic acids is 1. The molecule has 6 heteroatoms. The van der Waals surface area contributed by atoms with Crippen LogP contribution in [0.15, 0.2) is 40.6 Å². The lowest BCUT2D eigenvalue weighted by molar-refractivity contribution is -0.113. The van der Waals surface area contributed by atoms with E-state index >= 15 is 0 Å². The average Bonchev–Trinajstić information content (AvgIpc) is 2.84. The Balaban J connectivity index is 2.43. The zero-order valence-electron chi connectivity index (χ0n) is 10.0. The number of amides is 1. The van der Waals surface area contributed by atoms with Gasteiger partial charge in [0.25, 0.3) is 5.91 Å². The van der Waals surface area contributed by atoms with Gasteiger partial charge in [-0.05, 0) is 35.0 Å². The fourth-order valence-electron chi connectivity index (χ4n) is 2.13. The van der Waals surface area contributed by atoms with Crippen LogP contribution in [0.25, 0.3) is 16.5 Å². The molecule has 1 aliphatic heterocycles. The number of hydrogen-bond acceptors (Lipinski definition) is 5. The zero-order chi connectivity index (χ0) is 14.3. The number of nitriles is 1. The highest BCUT2D eigenvalue weighted by molar-refractivity contribution is 6.05. The number of nitrogens with zero attached hydrogens (tertiary/aromatic N) is 3. The molecule has 0 saturated carbocycles. The predicted octanol–water partition coefficient (Wildman–Crippen LogP) is 2.46. The summed E-state index contributed by atoms with van der Waals surface area (Å²) in [7, 11) is 0. The van der Waals surface area contributed by atoms with Crippen LogP contribution in [0.4, 0.5) is 0 Å². The predicted molar refractivity (Wildman–Crippen MR) is 69.8 cm³/mol. The lowest BCUT2D eigenvalue weighted by Gasteiger charge is -2.09. The number of phenolic OH excluding ortho intramolecular Hbond substituents is 2. The third-order valence-corrected chi connectivity index (χ3v) is 2.99. The number of carbonyl (C=O) groups is 1. The van der Waals surface area contributed by atoms with Crippen LogP contribution in [-0.4, -0.2) is 16.1 Å². The summed E-state index contributed by atoms with van der Waals surface area (Å²) in [6.45, 7) is 0. The molecule has 0 fully saturated rings. The van der Waals surface area contributed by atoms with Gasteiger partial charge < -0.3 is 10.2 Å². The van der Waals surface area contributed by atoms with Gasteiger partial charge in [-0.15, -0.1) is 10.2 Å². The number of azo groups is 1. The molecule has 6 nitrogen and oxygen atoms in total. The summed E-state index contributed by atoms with van der Waals surface area (Å²) in [5, 5.41) is 36.9. The second kappa shape index (κ2) is 4.17. The van der Waals surface area contributed by atoms with Crippen LogP contribution < -0.4 is 0 Å². The molecule has 20 heavy (non-hydrogen) atoms. The third kappa shape index (κ3) is 1.69. The first-order valence-electron chi connectivity index (χ1n) is 5.66. The van der Waals surface area contributed by atoms with Gasteiger partial charge in [0.1, 0.15) is 23.3 Å². The minimum Gasteiger partial charge on any atom is -0.508 e. The van der Waals surface area contributed by atoms with E-state index in [1.807, 2.05) is 6.07 Å². The van der Waals surface area contributed by atoms with Crippen LogP contribution in [-0.2, 0) is 4.79 Å². The van der Waals surface area contributed by atoms with Crippen LogP contribution in [0.3, 0.4) is 0 Å². The van der Waals surface area contributed by atoms with Gasteiger partial charge >= 0.3 is 0 Å². The molecule has 2 N–H and O–H groups in total. The molecular weight excluding hydrogens is 258 g/mol. The molecule has 1 amide bonds. The van der Waals surface area contributed by atoms with E-state index in [0.717, 1.165) is 0 Å². The summed E-state index contributed by atoms with van der Waals surface area (Å²) in [4.78, 5) is 11.2. The lowest BCUT2D eigenvalue weighted by atomic mass is 9.97. The van der Waals surface area contributed by atoms with Crippen LogP contribution in [0, 0.1) is 11.3 Å². The highest BCUT2D eigenvalue weighted by Gasteiger charge is 2.20. The van der Waals surface area contributed by atoms with Gasteiger partial charge in [-0.1, -0.05) is 0 Å². The number of benzene rings is 2. The molecule has 3 rings (SSSR count). The first-order chi connectivity index (χ1) is 9.60. The second-order valence-corrected chi connectivity index (χ2v) is 4.23. The molecule has 0 atom stereocenters. The van der Waals surface area contributed by atoms with Crippen LogP contribution >= 0.6 is 0 Å². The van der Waals surface area contributed by atoms with Crippen molar-refractivity contribution in [2.45, 2.75) is 0 Å². The van der Waals surface area contributed by atoms with Gasteiger partial charge in [-0.2, -0.15) is 5.26 Å². The zero-order valence-corrected chi connectivity index (χ0v) is 10.0. The molecule has 0 aromatic heterocycles. The Bertz CT molecular complexity index is 860. The molecule has 0 bridgehead atoms. The molecule has 0 radical (unpaired) electrons. The summed E-state index contributed by atoms with van der Waals surface area (Å²) in [6, 6.07) is 7.83. The fraction of sp³-hybridized carbons (Fsp3) is 0. The van der Waals surface area contributed by atoms with E-state index in [2.05, 4.69) is 10.2 Å². The molecule has 96 valence electrons. The Morgan fingerprint density at radius 2 is 1.95 bits per heavy atom. The molecule has 2 aromatic carbocycles. The van der Waals surface area contributed by atoms with E-state index in [9.17, 15) is 15.0 Å². The number of fused-ring (bicyclic) bond motifs is 1. The van der Waals surface area contributed by atoms with Crippen molar-refractivity contribution in [3.63, 3.8) is 0 Å². The van der Waals surface area contributed by atoms with E-state index in [-0.39, 0.29) is 28.3 Å². The van der Waals surface area contributed by atoms with Gasteiger partial charge in [-0.25, -0.2) is 0 Å². The highest BCUT2D eigenvalue weighted by Crippen LogP contribution is 2.38. The lowest BCUT2D eigenvalue weighted by Crippen LogP contribution is -1.89. The Morgan fingerprint density at radius 1 is 1.15 bits per heavy atom. The van der Waals surface area contributed by atoms with Crippen LogP contribution in [0.5, 0.6) is 11.5 Å². The Morgan fingerprint density at radius 3 is 2.60 bits per heavy atom. The van der Waals surface area contributed by atoms with Gasteiger partial charge in [0.15, 0.2) is 0 Å². The Kier molecular flexibility index (Phi) is 2.48. The monoisotopic (exact) mass is 265 g/mol. The Labute approximate surface area is 112 Å². The molecule has 0 aliphatic carbocycles. The summed E-state index contributed by atoms with van der Waals surface area (Å²) in [6.07, 6.45) is 1.18. The largest absolute Gasteiger partial charge is 0.508 e. The maximum atomic E-state index is 11.2. The van der Waals surface area contributed by atoms with Gasteiger partial charge in [0.05, 0.1) is 11.1 Å². The minimum absolute atomic E-state index is 0.0357. The number of aromatic hydroxyl groups is 2. The molecular formula is C14H7N3O3. The molecule has 0 spiro atoms. The molecule has 1 aliphatic rings. The van der Waals surface area contributed by atoms with Crippen molar-refractivity contribution < 1.29 is 15.0 Å². The average molecular weight is 265 g/mol. The SMILES string of the molecule is N#Cc1cc2cc(O)ccc2c(C2=CC(=O)N=N2)c1O. The summed E-state index contributed by atoms with van der Waals surface area (Å²) < 4.78 is 0.